The molecule has 3 rings (SSSR count). The normalized spacial score (nSPS) is 19.4. The van der Waals surface area contributed by atoms with Gasteiger partial charge in [0.05, 0.1) is 24.5 Å². The molecule has 1 aromatic rings. The fourth-order valence-corrected chi connectivity index (χ4v) is 3.55. The van der Waals surface area contributed by atoms with Crippen LogP contribution in [0.15, 0.2) is 28.2 Å². The summed E-state index contributed by atoms with van der Waals surface area (Å²) in [5, 5.41) is 3.60. The number of carbonyl (C=O) groups excluding carboxylic acids is 2. The summed E-state index contributed by atoms with van der Waals surface area (Å²) in [5.74, 6) is 0.0979. The number of halogens is 1. The smallest absolute Gasteiger partial charge is 0.256 e. The van der Waals surface area contributed by atoms with Crippen LogP contribution in [-0.4, -0.2) is 35.6 Å². The van der Waals surface area contributed by atoms with E-state index in [0.717, 1.165) is 36.7 Å². The van der Waals surface area contributed by atoms with Crippen molar-refractivity contribution in [2.24, 2.45) is 15.9 Å². The fourth-order valence-electron chi connectivity index (χ4n) is 2.71. The molecule has 8 heteroatoms. The van der Waals surface area contributed by atoms with E-state index in [4.69, 9.17) is 16.3 Å². The Morgan fingerprint density at radius 1 is 1.46 bits per heavy atom. The molecular weight excluding hydrogens is 350 g/mol. The quantitative estimate of drug-likeness (QED) is 0.888. The summed E-state index contributed by atoms with van der Waals surface area (Å²) in [5.41, 5.74) is 1.40. The third kappa shape index (κ3) is 3.79. The Kier molecular flexibility index (Phi) is 5.20. The standard InChI is InChI=1S/C16H16ClN3O3S/c1-23-13-6-5-9(17)7-12(13)18-14(21)8-24-16-19-11-4-2-3-10(11)15(22)20-16/h5-7,10H,2-4,8H2,1H3,(H,18,21). The molecule has 1 unspecified atom stereocenters. The van der Waals surface area contributed by atoms with Gasteiger partial charge in [-0.1, -0.05) is 23.4 Å². The summed E-state index contributed by atoms with van der Waals surface area (Å²) in [4.78, 5) is 32.4. The minimum absolute atomic E-state index is 0.100. The average Bonchev–Trinajstić information content (AvgIpc) is 3.02. The summed E-state index contributed by atoms with van der Waals surface area (Å²) in [6, 6.07) is 4.98. The predicted octanol–water partition coefficient (Wildman–Crippen LogP) is 3.16. The van der Waals surface area contributed by atoms with Gasteiger partial charge in [-0.2, -0.15) is 4.99 Å². The van der Waals surface area contributed by atoms with Crippen LogP contribution in [-0.2, 0) is 9.59 Å². The Morgan fingerprint density at radius 2 is 2.29 bits per heavy atom. The topological polar surface area (TPSA) is 80.1 Å². The number of anilines is 1. The minimum atomic E-state index is -0.246. The second-order valence-electron chi connectivity index (χ2n) is 5.46. The molecule has 126 valence electrons. The van der Waals surface area contributed by atoms with Crippen molar-refractivity contribution in [1.29, 1.82) is 0 Å². The third-order valence-electron chi connectivity index (χ3n) is 3.84. The monoisotopic (exact) mass is 365 g/mol. The van der Waals surface area contributed by atoms with Crippen molar-refractivity contribution in [2.75, 3.05) is 18.2 Å². The maximum Gasteiger partial charge on any atom is 0.256 e. The number of hydrogen-bond donors (Lipinski definition) is 1. The van der Waals surface area contributed by atoms with Crippen LogP contribution in [0.5, 0.6) is 5.75 Å². The number of thioether (sulfide) groups is 1. The molecule has 24 heavy (non-hydrogen) atoms. The van der Waals surface area contributed by atoms with Crippen LogP contribution in [0.2, 0.25) is 5.02 Å². The molecule has 0 radical (unpaired) electrons. The number of ether oxygens (including phenoxy) is 1. The van der Waals surface area contributed by atoms with Crippen LogP contribution in [0, 0.1) is 5.92 Å². The fraction of sp³-hybridized carbons (Fsp3) is 0.375. The highest BCUT2D eigenvalue weighted by Gasteiger charge is 2.32. The van der Waals surface area contributed by atoms with Crippen molar-refractivity contribution >= 4 is 51.7 Å². The van der Waals surface area contributed by atoms with Crippen LogP contribution in [0.1, 0.15) is 19.3 Å². The number of rotatable bonds is 4. The molecule has 1 aliphatic carbocycles. The van der Waals surface area contributed by atoms with Crippen LogP contribution >= 0.6 is 23.4 Å². The molecule has 2 aliphatic rings. The van der Waals surface area contributed by atoms with E-state index in [2.05, 4.69) is 15.3 Å². The highest BCUT2D eigenvalue weighted by Crippen LogP contribution is 2.29. The summed E-state index contributed by atoms with van der Waals surface area (Å²) in [6.45, 7) is 0. The molecular formula is C16H16ClN3O3S. The van der Waals surface area contributed by atoms with E-state index in [9.17, 15) is 9.59 Å². The molecule has 1 N–H and O–H groups in total. The largest absolute Gasteiger partial charge is 0.495 e. The Hall–Kier alpha value is -1.86. The Labute approximate surface area is 148 Å². The highest BCUT2D eigenvalue weighted by atomic mass is 35.5. The molecule has 1 saturated carbocycles. The molecule has 1 atom stereocenters. The summed E-state index contributed by atoms with van der Waals surface area (Å²) in [6.07, 6.45) is 2.63. The van der Waals surface area contributed by atoms with Crippen molar-refractivity contribution < 1.29 is 14.3 Å². The van der Waals surface area contributed by atoms with E-state index in [1.165, 1.54) is 7.11 Å². The molecule has 2 amide bonds. The second-order valence-corrected chi connectivity index (χ2v) is 6.84. The van der Waals surface area contributed by atoms with Crippen LogP contribution in [0.4, 0.5) is 5.69 Å². The van der Waals surface area contributed by atoms with E-state index in [1.807, 2.05) is 0 Å². The number of carbonyl (C=O) groups is 2. The number of amides is 2. The second kappa shape index (κ2) is 7.36. The van der Waals surface area contributed by atoms with Gasteiger partial charge in [0, 0.05) is 10.7 Å². The molecule has 1 heterocycles. The zero-order chi connectivity index (χ0) is 17.1. The molecule has 0 bridgehead atoms. The van der Waals surface area contributed by atoms with Crippen molar-refractivity contribution in [3.63, 3.8) is 0 Å². The van der Waals surface area contributed by atoms with Crippen molar-refractivity contribution in [1.82, 2.24) is 0 Å². The molecule has 1 aromatic carbocycles. The maximum absolute atomic E-state index is 12.1. The molecule has 0 spiro atoms. The van der Waals surface area contributed by atoms with Crippen molar-refractivity contribution in [3.8, 4) is 5.75 Å². The lowest BCUT2D eigenvalue weighted by atomic mass is 10.1. The van der Waals surface area contributed by atoms with Crippen LogP contribution in [0.25, 0.3) is 0 Å². The van der Waals surface area contributed by atoms with Crippen molar-refractivity contribution in [3.05, 3.63) is 23.2 Å². The van der Waals surface area contributed by atoms with Crippen molar-refractivity contribution in [2.45, 2.75) is 19.3 Å². The van der Waals surface area contributed by atoms with Gasteiger partial charge >= 0.3 is 0 Å². The summed E-state index contributed by atoms with van der Waals surface area (Å²) in [7, 11) is 1.52. The van der Waals surface area contributed by atoms with Gasteiger partial charge in [-0.25, -0.2) is 4.99 Å². The van der Waals surface area contributed by atoms with Gasteiger partial charge in [-0.05, 0) is 37.5 Å². The van der Waals surface area contributed by atoms with Gasteiger partial charge in [-0.15, -0.1) is 0 Å². The van der Waals surface area contributed by atoms with E-state index in [0.29, 0.717) is 21.6 Å². The van der Waals surface area contributed by atoms with E-state index in [1.54, 1.807) is 18.2 Å². The predicted molar refractivity (Wildman–Crippen MR) is 96.3 cm³/mol. The van der Waals surface area contributed by atoms with Gasteiger partial charge in [-0.3, -0.25) is 9.59 Å². The first-order valence-corrected chi connectivity index (χ1v) is 8.89. The third-order valence-corrected chi connectivity index (χ3v) is 4.92. The lowest BCUT2D eigenvalue weighted by molar-refractivity contribution is -0.119. The summed E-state index contributed by atoms with van der Waals surface area (Å²) < 4.78 is 5.19. The SMILES string of the molecule is COc1ccc(Cl)cc1NC(=O)CSC1=NC(=O)C2CCCC2=N1. The van der Waals surface area contributed by atoms with Gasteiger partial charge in [0.25, 0.3) is 5.91 Å². The van der Waals surface area contributed by atoms with Gasteiger partial charge in [0.15, 0.2) is 5.17 Å². The number of hydrogen-bond acceptors (Lipinski definition) is 5. The number of aliphatic imine (C=N–C) groups is 2. The number of amidine groups is 1. The molecule has 6 nitrogen and oxygen atoms in total. The first-order valence-electron chi connectivity index (χ1n) is 7.53. The van der Waals surface area contributed by atoms with Gasteiger partial charge in [0.1, 0.15) is 5.75 Å². The molecule has 0 saturated heterocycles. The Bertz CT molecular complexity index is 748. The lowest BCUT2D eigenvalue weighted by Crippen LogP contribution is -2.24. The Morgan fingerprint density at radius 3 is 3.08 bits per heavy atom. The van der Waals surface area contributed by atoms with E-state index < -0.39 is 0 Å². The van der Waals surface area contributed by atoms with Crippen LogP contribution < -0.4 is 10.1 Å². The zero-order valence-corrected chi connectivity index (χ0v) is 14.6. The minimum Gasteiger partial charge on any atom is -0.495 e. The van der Waals surface area contributed by atoms with Gasteiger partial charge in [0.2, 0.25) is 5.91 Å². The lowest BCUT2D eigenvalue weighted by Gasteiger charge is -2.13. The summed E-state index contributed by atoms with van der Waals surface area (Å²) >= 11 is 7.09. The number of nitrogens with zero attached hydrogens (tertiary/aromatic N) is 2. The van der Waals surface area contributed by atoms with E-state index in [-0.39, 0.29) is 23.5 Å². The molecule has 1 aliphatic heterocycles. The number of benzene rings is 1. The first kappa shape index (κ1) is 17.0. The van der Waals surface area contributed by atoms with Crippen LogP contribution in [0.3, 0.4) is 0 Å². The number of methoxy groups -OCH3 is 1. The number of nitrogens with one attached hydrogen (secondary N) is 1. The van der Waals surface area contributed by atoms with E-state index >= 15 is 0 Å². The molecule has 1 fully saturated rings. The highest BCUT2D eigenvalue weighted by molar-refractivity contribution is 8.14. The zero-order valence-electron chi connectivity index (χ0n) is 13.0. The maximum atomic E-state index is 12.1. The first-order chi connectivity index (χ1) is 11.6. The number of fused-ring (bicyclic) bond motifs is 1. The molecule has 0 aromatic heterocycles. The Balaban J connectivity index is 1.60. The van der Waals surface area contributed by atoms with Gasteiger partial charge < -0.3 is 10.1 Å². The average molecular weight is 366 g/mol.